The summed E-state index contributed by atoms with van der Waals surface area (Å²) in [5, 5.41) is 0.913. The van der Waals surface area contributed by atoms with Crippen molar-refractivity contribution >= 4 is 11.8 Å². The van der Waals surface area contributed by atoms with Crippen molar-refractivity contribution in [1.82, 2.24) is 4.90 Å². The van der Waals surface area contributed by atoms with Gasteiger partial charge in [0.25, 0.3) is 0 Å². The van der Waals surface area contributed by atoms with E-state index in [2.05, 4.69) is 25.1 Å². The highest BCUT2D eigenvalue weighted by Crippen LogP contribution is 2.25. The van der Waals surface area contributed by atoms with Crippen LogP contribution in [0, 0.1) is 5.92 Å². The van der Waals surface area contributed by atoms with Gasteiger partial charge in [0, 0.05) is 11.8 Å². The average Bonchev–Trinajstić information content (AvgIpc) is 1.88. The molecule has 0 bridgehead atoms. The van der Waals surface area contributed by atoms with E-state index >= 15 is 0 Å². The van der Waals surface area contributed by atoms with Crippen LogP contribution in [0.1, 0.15) is 13.3 Å². The quantitative estimate of drug-likeness (QED) is 0.573. The summed E-state index contributed by atoms with van der Waals surface area (Å²) in [5.41, 5.74) is 0. The number of thioether (sulfide) groups is 1. The molecule has 2 unspecified atom stereocenters. The molecule has 0 amide bonds. The molecule has 1 aliphatic rings. The third-order valence-electron chi connectivity index (χ3n) is 2.33. The molecule has 2 heteroatoms. The monoisotopic (exact) mass is 159 g/mol. The number of likely N-dealkylation sites (tertiary alicyclic amines) is 1. The summed E-state index contributed by atoms with van der Waals surface area (Å²) in [6, 6.07) is 0. The van der Waals surface area contributed by atoms with E-state index in [0.717, 1.165) is 11.2 Å². The summed E-state index contributed by atoms with van der Waals surface area (Å²) < 4.78 is 0. The van der Waals surface area contributed by atoms with Gasteiger partial charge in [0.15, 0.2) is 0 Å². The van der Waals surface area contributed by atoms with E-state index in [-0.39, 0.29) is 0 Å². The first kappa shape index (κ1) is 8.41. The Bertz CT molecular complexity index is 105. The zero-order chi connectivity index (χ0) is 7.56. The van der Waals surface area contributed by atoms with Gasteiger partial charge in [-0.1, -0.05) is 6.92 Å². The SMILES string of the molecule is CSC1CCN(C)CC1C. The van der Waals surface area contributed by atoms with E-state index in [4.69, 9.17) is 0 Å². The Morgan fingerprint density at radius 1 is 1.50 bits per heavy atom. The van der Waals surface area contributed by atoms with E-state index in [1.54, 1.807) is 0 Å². The van der Waals surface area contributed by atoms with E-state index < -0.39 is 0 Å². The Hall–Kier alpha value is 0.310. The van der Waals surface area contributed by atoms with Crippen molar-refractivity contribution in [3.63, 3.8) is 0 Å². The molecule has 1 saturated heterocycles. The molecule has 0 spiro atoms. The number of rotatable bonds is 1. The van der Waals surface area contributed by atoms with Crippen molar-refractivity contribution in [3.8, 4) is 0 Å². The molecular formula is C8H17NS. The third kappa shape index (κ3) is 1.89. The van der Waals surface area contributed by atoms with Crippen molar-refractivity contribution in [3.05, 3.63) is 0 Å². The van der Waals surface area contributed by atoms with Gasteiger partial charge in [0.05, 0.1) is 0 Å². The molecule has 0 N–H and O–H groups in total. The van der Waals surface area contributed by atoms with Gasteiger partial charge in [0.2, 0.25) is 0 Å². The Labute approximate surface area is 68.2 Å². The first-order chi connectivity index (χ1) is 4.74. The highest BCUT2D eigenvalue weighted by molar-refractivity contribution is 7.99. The minimum Gasteiger partial charge on any atom is -0.306 e. The zero-order valence-electron chi connectivity index (χ0n) is 7.13. The first-order valence-electron chi connectivity index (χ1n) is 3.95. The Kier molecular flexibility index (Phi) is 3.05. The fourth-order valence-corrected chi connectivity index (χ4v) is 2.57. The maximum atomic E-state index is 2.43. The fraction of sp³-hybridized carbons (Fsp3) is 1.00. The minimum atomic E-state index is 0.883. The summed E-state index contributed by atoms with van der Waals surface area (Å²) in [5.74, 6) is 0.883. The molecule has 1 aliphatic heterocycles. The summed E-state index contributed by atoms with van der Waals surface area (Å²) in [4.78, 5) is 2.43. The zero-order valence-corrected chi connectivity index (χ0v) is 7.95. The fourth-order valence-electron chi connectivity index (χ4n) is 1.68. The Morgan fingerprint density at radius 2 is 2.20 bits per heavy atom. The highest BCUT2D eigenvalue weighted by Gasteiger charge is 2.22. The smallest absolute Gasteiger partial charge is 0.00942 e. The van der Waals surface area contributed by atoms with Crippen molar-refractivity contribution < 1.29 is 0 Å². The second kappa shape index (κ2) is 3.63. The first-order valence-corrected chi connectivity index (χ1v) is 5.24. The van der Waals surface area contributed by atoms with Gasteiger partial charge < -0.3 is 4.90 Å². The summed E-state index contributed by atoms with van der Waals surface area (Å²) in [6.45, 7) is 4.93. The molecule has 0 aliphatic carbocycles. The summed E-state index contributed by atoms with van der Waals surface area (Å²) >= 11 is 2.03. The van der Waals surface area contributed by atoms with Crippen LogP contribution in [0.25, 0.3) is 0 Å². The standard InChI is InChI=1S/C8H17NS/c1-7-6-9(2)5-4-8(7)10-3/h7-8H,4-6H2,1-3H3. The van der Waals surface area contributed by atoms with E-state index in [9.17, 15) is 0 Å². The lowest BCUT2D eigenvalue weighted by Gasteiger charge is -2.33. The second-order valence-electron chi connectivity index (χ2n) is 3.30. The van der Waals surface area contributed by atoms with Crippen LogP contribution in [0.15, 0.2) is 0 Å². The molecule has 0 aromatic carbocycles. The molecule has 0 aromatic heterocycles. The van der Waals surface area contributed by atoms with Crippen LogP contribution in [0.4, 0.5) is 0 Å². The molecule has 60 valence electrons. The van der Waals surface area contributed by atoms with Gasteiger partial charge >= 0.3 is 0 Å². The maximum Gasteiger partial charge on any atom is 0.00942 e. The topological polar surface area (TPSA) is 3.24 Å². The van der Waals surface area contributed by atoms with Gasteiger partial charge in [-0.3, -0.25) is 0 Å². The number of hydrogen-bond acceptors (Lipinski definition) is 2. The number of nitrogens with zero attached hydrogens (tertiary/aromatic N) is 1. The van der Waals surface area contributed by atoms with Gasteiger partial charge in [-0.15, -0.1) is 0 Å². The lowest BCUT2D eigenvalue weighted by molar-refractivity contribution is 0.228. The Balaban J connectivity index is 2.36. The van der Waals surface area contributed by atoms with Crippen LogP contribution in [-0.2, 0) is 0 Å². The van der Waals surface area contributed by atoms with Crippen LogP contribution in [0.3, 0.4) is 0 Å². The lowest BCUT2D eigenvalue weighted by atomic mass is 10.0. The van der Waals surface area contributed by atoms with Crippen LogP contribution in [0.2, 0.25) is 0 Å². The maximum absolute atomic E-state index is 2.43. The molecule has 0 aromatic rings. The Morgan fingerprint density at radius 3 is 2.70 bits per heavy atom. The molecule has 1 fully saturated rings. The van der Waals surface area contributed by atoms with E-state index in [1.807, 2.05) is 11.8 Å². The molecular weight excluding hydrogens is 142 g/mol. The van der Waals surface area contributed by atoms with Gasteiger partial charge in [-0.2, -0.15) is 11.8 Å². The third-order valence-corrected chi connectivity index (χ3v) is 3.64. The van der Waals surface area contributed by atoms with Crippen molar-refractivity contribution in [2.24, 2.45) is 5.92 Å². The lowest BCUT2D eigenvalue weighted by Crippen LogP contribution is -2.37. The van der Waals surface area contributed by atoms with Gasteiger partial charge in [0.1, 0.15) is 0 Å². The largest absolute Gasteiger partial charge is 0.306 e. The predicted molar refractivity (Wildman–Crippen MR) is 48.6 cm³/mol. The molecule has 1 nitrogen and oxygen atoms in total. The highest BCUT2D eigenvalue weighted by atomic mass is 32.2. The summed E-state index contributed by atoms with van der Waals surface area (Å²) in [7, 11) is 2.22. The molecule has 2 atom stereocenters. The molecule has 10 heavy (non-hydrogen) atoms. The normalized spacial score (nSPS) is 36.3. The second-order valence-corrected chi connectivity index (χ2v) is 4.38. The molecule has 0 radical (unpaired) electrons. The van der Waals surface area contributed by atoms with Crippen LogP contribution < -0.4 is 0 Å². The van der Waals surface area contributed by atoms with Crippen LogP contribution in [-0.4, -0.2) is 36.5 Å². The average molecular weight is 159 g/mol. The van der Waals surface area contributed by atoms with Crippen LogP contribution in [0.5, 0.6) is 0 Å². The van der Waals surface area contributed by atoms with Gasteiger partial charge in [-0.05, 0) is 32.2 Å². The summed E-state index contributed by atoms with van der Waals surface area (Å²) in [6.07, 6.45) is 3.60. The molecule has 1 heterocycles. The van der Waals surface area contributed by atoms with E-state index in [0.29, 0.717) is 0 Å². The molecule has 0 saturated carbocycles. The minimum absolute atomic E-state index is 0.883. The predicted octanol–water partition coefficient (Wildman–Crippen LogP) is 1.69. The van der Waals surface area contributed by atoms with Crippen molar-refractivity contribution in [2.75, 3.05) is 26.4 Å². The van der Waals surface area contributed by atoms with Crippen molar-refractivity contribution in [2.45, 2.75) is 18.6 Å². The number of piperidine rings is 1. The molecule has 1 rings (SSSR count). The van der Waals surface area contributed by atoms with E-state index in [1.165, 1.54) is 19.5 Å². The number of hydrogen-bond donors (Lipinski definition) is 0. The van der Waals surface area contributed by atoms with Gasteiger partial charge in [-0.25, -0.2) is 0 Å². The van der Waals surface area contributed by atoms with Crippen molar-refractivity contribution in [1.29, 1.82) is 0 Å². The van der Waals surface area contributed by atoms with Crippen LogP contribution >= 0.6 is 11.8 Å².